The molecule has 1 saturated heterocycles. The third-order valence-electron chi connectivity index (χ3n) is 7.90. The third kappa shape index (κ3) is 7.70. The van der Waals surface area contributed by atoms with Crippen LogP contribution >= 0.6 is 0 Å². The molecule has 222 valence electrons. The number of carbonyl (C=O) groups is 1. The number of rotatable bonds is 13. The second-order valence-electron chi connectivity index (χ2n) is 10.6. The predicted molar refractivity (Wildman–Crippen MR) is 164 cm³/mol. The van der Waals surface area contributed by atoms with Crippen LogP contribution in [0.5, 0.6) is 0 Å². The van der Waals surface area contributed by atoms with Gasteiger partial charge in [-0.15, -0.1) is 6.58 Å². The number of nitro groups is 1. The molecule has 3 aromatic carbocycles. The molecule has 0 bridgehead atoms. The number of benzene rings is 3. The van der Waals surface area contributed by atoms with Crippen molar-refractivity contribution in [3.8, 4) is 0 Å². The first kappa shape index (κ1) is 31.1. The van der Waals surface area contributed by atoms with E-state index in [1.165, 1.54) is 28.6 Å². The lowest BCUT2D eigenvalue weighted by Gasteiger charge is -2.38. The van der Waals surface area contributed by atoms with Gasteiger partial charge in [-0.2, -0.15) is 0 Å². The van der Waals surface area contributed by atoms with E-state index in [4.69, 9.17) is 0 Å². The Kier molecular flexibility index (Phi) is 10.6. The number of likely N-dealkylation sites (tertiary alicyclic amines) is 1. The molecule has 1 aliphatic rings. The Balaban J connectivity index is 1.38. The molecule has 0 saturated carbocycles. The van der Waals surface area contributed by atoms with Gasteiger partial charge >= 0.3 is 0 Å². The maximum absolute atomic E-state index is 13.3. The van der Waals surface area contributed by atoms with Crippen LogP contribution in [-0.2, 0) is 10.0 Å². The summed E-state index contributed by atoms with van der Waals surface area (Å²) in [5.74, 6) is -0.136. The Morgan fingerprint density at radius 3 is 2.19 bits per heavy atom. The number of carbonyl (C=O) groups excluding carboxylic acids is 1. The predicted octanol–water partition coefficient (Wildman–Crippen LogP) is 5.18. The third-order valence-corrected chi connectivity index (χ3v) is 9.74. The fourth-order valence-corrected chi connectivity index (χ4v) is 6.73. The Morgan fingerprint density at radius 2 is 1.62 bits per heavy atom. The minimum atomic E-state index is -3.60. The van der Waals surface area contributed by atoms with Crippen molar-refractivity contribution in [3.63, 3.8) is 0 Å². The lowest BCUT2D eigenvalue weighted by atomic mass is 9.94. The quantitative estimate of drug-likeness (QED) is 0.154. The molecule has 1 atom stereocenters. The first-order valence-electron chi connectivity index (χ1n) is 14.2. The van der Waals surface area contributed by atoms with E-state index in [1.54, 1.807) is 43.5 Å². The normalized spacial score (nSPS) is 15.3. The maximum atomic E-state index is 13.3. The average molecular weight is 591 g/mol. The van der Waals surface area contributed by atoms with Gasteiger partial charge in [-0.1, -0.05) is 54.6 Å². The van der Waals surface area contributed by atoms with Crippen molar-refractivity contribution in [2.75, 3.05) is 39.8 Å². The Labute approximate surface area is 248 Å². The Morgan fingerprint density at radius 1 is 1.02 bits per heavy atom. The van der Waals surface area contributed by atoms with Crippen LogP contribution in [-0.4, -0.2) is 79.2 Å². The number of non-ortho nitro benzene ring substituents is 1. The van der Waals surface area contributed by atoms with Crippen LogP contribution in [0.2, 0.25) is 0 Å². The van der Waals surface area contributed by atoms with Crippen LogP contribution in [0, 0.1) is 10.1 Å². The minimum Gasteiger partial charge on any atom is -0.332 e. The molecule has 9 nitrogen and oxygen atoms in total. The standard InChI is InChI=1S/C32H38N4O5S/c1-3-21-35(32(37)27-14-16-30(17-15-27)36(38)39)29-19-23-34(24-20-29)22-18-28(26-10-6-4-7-11-26)25-33(2)42(40,41)31-12-8-5-9-13-31/h3-17,28-29H,1,18-25H2,2H3. The largest absolute Gasteiger partial charge is 0.332 e. The maximum Gasteiger partial charge on any atom is 0.269 e. The highest BCUT2D eigenvalue weighted by Crippen LogP contribution is 2.26. The van der Waals surface area contributed by atoms with Crippen molar-refractivity contribution in [2.45, 2.75) is 36.1 Å². The Hall–Kier alpha value is -3.86. The molecule has 4 rings (SSSR count). The molecule has 1 unspecified atom stereocenters. The van der Waals surface area contributed by atoms with Crippen LogP contribution in [0.25, 0.3) is 0 Å². The number of nitrogens with zero attached hydrogens (tertiary/aromatic N) is 4. The number of likely N-dealkylation sites (N-methyl/N-ethyl adjacent to an activating group) is 1. The van der Waals surface area contributed by atoms with Crippen LogP contribution in [0.3, 0.4) is 0 Å². The number of sulfonamides is 1. The molecule has 1 heterocycles. The van der Waals surface area contributed by atoms with Gasteiger partial charge in [-0.3, -0.25) is 14.9 Å². The van der Waals surface area contributed by atoms with Gasteiger partial charge in [0.1, 0.15) is 0 Å². The summed E-state index contributed by atoms with van der Waals surface area (Å²) in [6.07, 6.45) is 4.09. The van der Waals surface area contributed by atoms with Gasteiger partial charge < -0.3 is 9.80 Å². The van der Waals surface area contributed by atoms with Crippen LogP contribution in [0.4, 0.5) is 5.69 Å². The summed E-state index contributed by atoms with van der Waals surface area (Å²) < 4.78 is 27.9. The van der Waals surface area contributed by atoms with E-state index in [1.807, 2.05) is 23.1 Å². The van der Waals surface area contributed by atoms with E-state index >= 15 is 0 Å². The van der Waals surface area contributed by atoms with Gasteiger partial charge in [0.05, 0.1) is 9.82 Å². The molecular formula is C32H38N4O5S. The van der Waals surface area contributed by atoms with Gasteiger partial charge in [0.2, 0.25) is 10.0 Å². The van der Waals surface area contributed by atoms with E-state index in [9.17, 15) is 23.3 Å². The summed E-state index contributed by atoms with van der Waals surface area (Å²) in [4.78, 5) is 28.3. The molecular weight excluding hydrogens is 552 g/mol. The van der Waals surface area contributed by atoms with E-state index < -0.39 is 14.9 Å². The number of hydrogen-bond donors (Lipinski definition) is 0. The zero-order valence-electron chi connectivity index (χ0n) is 23.9. The summed E-state index contributed by atoms with van der Waals surface area (Å²) in [5, 5.41) is 11.0. The van der Waals surface area contributed by atoms with Crippen molar-refractivity contribution in [3.05, 3.63) is 119 Å². The van der Waals surface area contributed by atoms with Crippen LogP contribution < -0.4 is 0 Å². The molecule has 3 aromatic rings. The first-order chi connectivity index (χ1) is 20.2. The highest BCUT2D eigenvalue weighted by molar-refractivity contribution is 7.89. The lowest BCUT2D eigenvalue weighted by molar-refractivity contribution is -0.384. The molecule has 1 fully saturated rings. The van der Waals surface area contributed by atoms with Gasteiger partial charge in [0, 0.05) is 57.0 Å². The Bertz CT molecular complexity index is 1440. The second kappa shape index (κ2) is 14.4. The summed E-state index contributed by atoms with van der Waals surface area (Å²) in [5.41, 5.74) is 1.48. The molecule has 0 radical (unpaired) electrons. The zero-order valence-corrected chi connectivity index (χ0v) is 24.7. The van der Waals surface area contributed by atoms with Gasteiger partial charge in [0.25, 0.3) is 11.6 Å². The monoisotopic (exact) mass is 590 g/mol. The highest BCUT2D eigenvalue weighted by atomic mass is 32.2. The SMILES string of the molecule is C=CCN(C(=O)c1ccc([N+](=O)[O-])cc1)C1CCN(CCC(CN(C)S(=O)(=O)c2ccccc2)c2ccccc2)CC1. The van der Waals surface area contributed by atoms with Gasteiger partial charge in [-0.25, -0.2) is 12.7 Å². The van der Waals surface area contributed by atoms with Crippen molar-refractivity contribution < 1.29 is 18.1 Å². The van der Waals surface area contributed by atoms with E-state index in [0.29, 0.717) is 18.7 Å². The molecule has 42 heavy (non-hydrogen) atoms. The molecule has 0 aromatic heterocycles. The fraction of sp³-hybridized carbons (Fsp3) is 0.344. The van der Waals surface area contributed by atoms with E-state index in [-0.39, 0.29) is 28.4 Å². The summed E-state index contributed by atoms with van der Waals surface area (Å²) in [6, 6.07) is 24.3. The number of piperidine rings is 1. The van der Waals surface area contributed by atoms with E-state index in [2.05, 4.69) is 23.6 Å². The molecule has 1 aliphatic heterocycles. The summed E-state index contributed by atoms with van der Waals surface area (Å²) in [7, 11) is -1.97. The van der Waals surface area contributed by atoms with Crippen molar-refractivity contribution in [1.29, 1.82) is 0 Å². The lowest BCUT2D eigenvalue weighted by Crippen LogP contribution is -2.47. The number of amides is 1. The smallest absolute Gasteiger partial charge is 0.269 e. The van der Waals surface area contributed by atoms with Crippen LogP contribution in [0.1, 0.15) is 41.1 Å². The van der Waals surface area contributed by atoms with Gasteiger partial charge in [-0.05, 0) is 61.6 Å². The van der Waals surface area contributed by atoms with Gasteiger partial charge in [0.15, 0.2) is 0 Å². The highest BCUT2D eigenvalue weighted by Gasteiger charge is 2.29. The van der Waals surface area contributed by atoms with E-state index in [0.717, 1.165) is 44.5 Å². The first-order valence-corrected chi connectivity index (χ1v) is 15.6. The number of hydrogen-bond acceptors (Lipinski definition) is 6. The second-order valence-corrected chi connectivity index (χ2v) is 12.7. The summed E-state index contributed by atoms with van der Waals surface area (Å²) in [6.45, 7) is 7.02. The van der Waals surface area contributed by atoms with Crippen molar-refractivity contribution in [1.82, 2.24) is 14.1 Å². The number of nitro benzene ring substituents is 1. The minimum absolute atomic E-state index is 0.0217. The summed E-state index contributed by atoms with van der Waals surface area (Å²) >= 11 is 0. The van der Waals surface area contributed by atoms with Crippen LogP contribution in [0.15, 0.2) is 102 Å². The molecule has 10 heteroatoms. The molecule has 0 spiro atoms. The molecule has 0 N–H and O–H groups in total. The molecule has 1 amide bonds. The van der Waals surface area contributed by atoms with Crippen molar-refractivity contribution in [2.24, 2.45) is 0 Å². The molecule has 0 aliphatic carbocycles. The average Bonchev–Trinajstić information content (AvgIpc) is 3.02. The zero-order chi connectivity index (χ0) is 30.1. The van der Waals surface area contributed by atoms with Crippen molar-refractivity contribution >= 4 is 21.6 Å². The topological polar surface area (TPSA) is 104 Å². The fourth-order valence-electron chi connectivity index (χ4n) is 5.49.